The summed E-state index contributed by atoms with van der Waals surface area (Å²) in [6, 6.07) is 0. The molecule has 3 nitrogen and oxygen atoms in total. The van der Waals surface area contributed by atoms with Crippen molar-refractivity contribution in [1.29, 1.82) is 0 Å². The number of thioether (sulfide) groups is 1. The van der Waals surface area contributed by atoms with Crippen LogP contribution in [0.25, 0.3) is 0 Å². The quantitative estimate of drug-likeness (QED) is 0.593. The highest BCUT2D eigenvalue weighted by molar-refractivity contribution is 7.99. The smallest absolute Gasteiger partial charge is 0.248 e. The average Bonchev–Trinajstić information content (AvgIpc) is 2.46. The van der Waals surface area contributed by atoms with Crippen molar-refractivity contribution < 1.29 is 9.53 Å². The highest BCUT2D eigenvalue weighted by atomic mass is 35.5. The SMILES string of the molecule is CSC1COCN(C(=O)/C=C/C2CCC(Cl)CC2)C1. The van der Waals surface area contributed by atoms with Gasteiger partial charge in [0.1, 0.15) is 6.73 Å². The molecule has 0 aromatic carbocycles. The standard InChI is InChI=1S/C14H22ClNO2S/c1-19-13-8-16(10-18-9-13)14(17)7-4-11-2-5-12(15)6-3-11/h4,7,11-13H,2-3,5-6,8-10H2,1H3/b7-4+. The zero-order valence-corrected chi connectivity index (χ0v) is 13.0. The second kappa shape index (κ2) is 7.55. The Balaban J connectivity index is 1.79. The van der Waals surface area contributed by atoms with Gasteiger partial charge in [-0.3, -0.25) is 4.79 Å². The first-order valence-electron chi connectivity index (χ1n) is 6.90. The zero-order chi connectivity index (χ0) is 13.7. The minimum absolute atomic E-state index is 0.0757. The number of allylic oxidation sites excluding steroid dienone is 1. The molecule has 2 fully saturated rings. The number of rotatable bonds is 3. The molecule has 0 aromatic heterocycles. The van der Waals surface area contributed by atoms with Crippen LogP contribution in [0.4, 0.5) is 0 Å². The maximum Gasteiger partial charge on any atom is 0.248 e. The van der Waals surface area contributed by atoms with Gasteiger partial charge in [-0.25, -0.2) is 0 Å². The molecule has 1 aliphatic heterocycles. The predicted octanol–water partition coefficient (Wildman–Crippen LogP) is 2.89. The molecule has 1 atom stereocenters. The van der Waals surface area contributed by atoms with Gasteiger partial charge in [0, 0.05) is 17.2 Å². The van der Waals surface area contributed by atoms with Crippen molar-refractivity contribution >= 4 is 29.3 Å². The van der Waals surface area contributed by atoms with E-state index >= 15 is 0 Å². The Hall–Kier alpha value is -0.190. The number of carbonyl (C=O) groups excluding carboxylic acids is 1. The number of hydrogen-bond acceptors (Lipinski definition) is 3. The zero-order valence-electron chi connectivity index (χ0n) is 11.4. The van der Waals surface area contributed by atoms with Gasteiger partial charge in [0.05, 0.1) is 6.61 Å². The molecule has 1 aliphatic carbocycles. The summed E-state index contributed by atoms with van der Waals surface area (Å²) in [4.78, 5) is 13.9. The van der Waals surface area contributed by atoms with Crippen molar-refractivity contribution in [1.82, 2.24) is 4.90 Å². The summed E-state index contributed by atoms with van der Waals surface area (Å²) in [7, 11) is 0. The van der Waals surface area contributed by atoms with Crippen LogP contribution in [-0.2, 0) is 9.53 Å². The van der Waals surface area contributed by atoms with Crippen LogP contribution in [0.1, 0.15) is 25.7 Å². The molecule has 0 aromatic rings. The van der Waals surface area contributed by atoms with Crippen LogP contribution in [-0.4, -0.2) is 47.6 Å². The fourth-order valence-electron chi connectivity index (χ4n) is 2.54. The number of carbonyl (C=O) groups is 1. The van der Waals surface area contributed by atoms with E-state index in [1.807, 2.05) is 0 Å². The number of alkyl halides is 1. The van der Waals surface area contributed by atoms with Crippen LogP contribution < -0.4 is 0 Å². The Morgan fingerprint density at radius 3 is 2.79 bits per heavy atom. The van der Waals surface area contributed by atoms with Gasteiger partial charge in [0.15, 0.2) is 0 Å². The van der Waals surface area contributed by atoms with Crippen LogP contribution in [0, 0.1) is 5.92 Å². The summed E-state index contributed by atoms with van der Waals surface area (Å²) in [5.41, 5.74) is 0. The van der Waals surface area contributed by atoms with Crippen molar-refractivity contribution in [3.05, 3.63) is 12.2 Å². The van der Waals surface area contributed by atoms with E-state index in [4.69, 9.17) is 16.3 Å². The van der Waals surface area contributed by atoms with Gasteiger partial charge in [-0.1, -0.05) is 6.08 Å². The predicted molar refractivity (Wildman–Crippen MR) is 80.6 cm³/mol. The number of amides is 1. The molecule has 0 radical (unpaired) electrons. The molecule has 0 bridgehead atoms. The van der Waals surface area contributed by atoms with Crippen molar-refractivity contribution in [2.24, 2.45) is 5.92 Å². The van der Waals surface area contributed by atoms with Gasteiger partial charge < -0.3 is 9.64 Å². The first-order valence-corrected chi connectivity index (χ1v) is 8.63. The Kier molecular flexibility index (Phi) is 6.05. The summed E-state index contributed by atoms with van der Waals surface area (Å²) in [6.45, 7) is 1.96. The number of hydrogen-bond donors (Lipinski definition) is 0. The van der Waals surface area contributed by atoms with Crippen molar-refractivity contribution in [2.45, 2.75) is 36.3 Å². The lowest BCUT2D eigenvalue weighted by atomic mass is 9.89. The Morgan fingerprint density at radius 1 is 1.37 bits per heavy atom. The second-order valence-corrected chi connectivity index (χ2v) is 7.04. The molecule has 1 saturated carbocycles. The van der Waals surface area contributed by atoms with Gasteiger partial charge in [0.25, 0.3) is 0 Å². The van der Waals surface area contributed by atoms with Crippen LogP contribution >= 0.6 is 23.4 Å². The summed E-state index contributed by atoms with van der Waals surface area (Å²) in [5, 5.41) is 0.732. The van der Waals surface area contributed by atoms with E-state index in [1.54, 1.807) is 22.7 Å². The normalized spacial score (nSPS) is 32.7. The summed E-state index contributed by atoms with van der Waals surface area (Å²) in [6.07, 6.45) is 10.2. The minimum atomic E-state index is 0.0757. The van der Waals surface area contributed by atoms with E-state index in [1.165, 1.54) is 0 Å². The molecule has 19 heavy (non-hydrogen) atoms. The second-order valence-electron chi connectivity index (χ2n) is 5.29. The third kappa shape index (κ3) is 4.69. The molecule has 0 N–H and O–H groups in total. The van der Waals surface area contributed by atoms with Crippen LogP contribution in [0.2, 0.25) is 0 Å². The van der Waals surface area contributed by atoms with E-state index in [2.05, 4.69) is 12.3 Å². The average molecular weight is 304 g/mol. The lowest BCUT2D eigenvalue weighted by Gasteiger charge is -2.31. The van der Waals surface area contributed by atoms with E-state index < -0.39 is 0 Å². The fourth-order valence-corrected chi connectivity index (χ4v) is 3.35. The molecule has 1 saturated heterocycles. The third-order valence-electron chi connectivity index (χ3n) is 3.83. The van der Waals surface area contributed by atoms with E-state index in [-0.39, 0.29) is 5.91 Å². The molecular formula is C14H22ClNO2S. The number of halogens is 1. The lowest BCUT2D eigenvalue weighted by Crippen LogP contribution is -2.43. The van der Waals surface area contributed by atoms with Crippen molar-refractivity contribution in [3.8, 4) is 0 Å². The summed E-state index contributed by atoms with van der Waals surface area (Å²) >= 11 is 7.84. The molecule has 0 spiro atoms. The van der Waals surface area contributed by atoms with Crippen molar-refractivity contribution in [3.63, 3.8) is 0 Å². The van der Waals surface area contributed by atoms with Gasteiger partial charge in [-0.05, 0) is 43.9 Å². The molecule has 1 heterocycles. The van der Waals surface area contributed by atoms with Gasteiger partial charge in [-0.15, -0.1) is 11.6 Å². The van der Waals surface area contributed by atoms with Gasteiger partial charge in [-0.2, -0.15) is 11.8 Å². The van der Waals surface area contributed by atoms with Crippen LogP contribution in [0.5, 0.6) is 0 Å². The monoisotopic (exact) mass is 303 g/mol. The highest BCUT2D eigenvalue weighted by Crippen LogP contribution is 2.28. The Morgan fingerprint density at radius 2 is 2.11 bits per heavy atom. The molecule has 1 unspecified atom stereocenters. The number of ether oxygens (including phenoxy) is 1. The third-order valence-corrected chi connectivity index (χ3v) is 5.22. The van der Waals surface area contributed by atoms with Crippen molar-refractivity contribution in [2.75, 3.05) is 26.1 Å². The van der Waals surface area contributed by atoms with E-state index in [0.29, 0.717) is 23.3 Å². The Bertz CT molecular complexity index is 329. The Labute approximate surface area is 124 Å². The molecule has 2 rings (SSSR count). The molecule has 2 aliphatic rings. The lowest BCUT2D eigenvalue weighted by molar-refractivity contribution is -0.134. The molecular weight excluding hydrogens is 282 g/mol. The maximum absolute atomic E-state index is 12.1. The fraction of sp³-hybridized carbons (Fsp3) is 0.786. The van der Waals surface area contributed by atoms with Gasteiger partial charge >= 0.3 is 0 Å². The molecule has 108 valence electrons. The minimum Gasteiger partial charge on any atom is -0.360 e. The first kappa shape index (κ1) is 15.2. The summed E-state index contributed by atoms with van der Waals surface area (Å²) < 4.78 is 5.45. The van der Waals surface area contributed by atoms with Crippen LogP contribution in [0.3, 0.4) is 0 Å². The van der Waals surface area contributed by atoms with Gasteiger partial charge in [0.2, 0.25) is 5.91 Å². The maximum atomic E-state index is 12.1. The van der Waals surface area contributed by atoms with E-state index in [0.717, 1.165) is 38.8 Å². The number of nitrogens with zero attached hydrogens (tertiary/aromatic N) is 1. The van der Waals surface area contributed by atoms with E-state index in [9.17, 15) is 4.79 Å². The molecule has 5 heteroatoms. The highest BCUT2D eigenvalue weighted by Gasteiger charge is 2.23. The first-order chi connectivity index (χ1) is 9.19. The summed E-state index contributed by atoms with van der Waals surface area (Å²) in [5.74, 6) is 0.591. The molecule has 1 amide bonds. The largest absolute Gasteiger partial charge is 0.360 e. The van der Waals surface area contributed by atoms with Crippen LogP contribution in [0.15, 0.2) is 12.2 Å². The topological polar surface area (TPSA) is 29.5 Å².